The first kappa shape index (κ1) is 15.2. The van der Waals surface area contributed by atoms with Crippen LogP contribution in [0, 0.1) is 19.7 Å². The van der Waals surface area contributed by atoms with E-state index in [1.807, 2.05) is 26.0 Å². The summed E-state index contributed by atoms with van der Waals surface area (Å²) in [6.45, 7) is 6.86. The maximum atomic E-state index is 14.2. The maximum absolute atomic E-state index is 14.2. The lowest BCUT2D eigenvalue weighted by atomic mass is 9.93. The molecule has 106 valence electrons. The van der Waals surface area contributed by atoms with Gasteiger partial charge >= 0.3 is 0 Å². The van der Waals surface area contributed by atoms with E-state index in [-0.39, 0.29) is 11.9 Å². The van der Waals surface area contributed by atoms with Crippen LogP contribution in [-0.2, 0) is 0 Å². The molecule has 0 bridgehead atoms. The van der Waals surface area contributed by atoms with E-state index in [9.17, 15) is 4.39 Å². The van der Waals surface area contributed by atoms with E-state index in [2.05, 4.69) is 40.3 Å². The molecule has 0 aromatic heterocycles. The standard InChI is InChI=1S/C17H19BrFN/c1-4-20-17(14-10-13(18)7-6-12(14)3)15-9-11(2)5-8-16(15)19/h5-10,17,20H,4H2,1-3H3. The van der Waals surface area contributed by atoms with E-state index in [1.165, 1.54) is 0 Å². The minimum atomic E-state index is -0.166. The summed E-state index contributed by atoms with van der Waals surface area (Å²) in [5.74, 6) is -0.166. The largest absolute Gasteiger partial charge is 0.306 e. The molecule has 2 rings (SSSR count). The van der Waals surface area contributed by atoms with Gasteiger partial charge in [-0.1, -0.05) is 46.6 Å². The molecule has 0 spiro atoms. The highest BCUT2D eigenvalue weighted by Crippen LogP contribution is 2.29. The van der Waals surface area contributed by atoms with Crippen molar-refractivity contribution < 1.29 is 4.39 Å². The third-order valence-corrected chi connectivity index (χ3v) is 3.92. The van der Waals surface area contributed by atoms with Crippen LogP contribution >= 0.6 is 15.9 Å². The lowest BCUT2D eigenvalue weighted by Crippen LogP contribution is -2.24. The zero-order valence-electron chi connectivity index (χ0n) is 12.0. The van der Waals surface area contributed by atoms with Crippen LogP contribution in [0.5, 0.6) is 0 Å². The van der Waals surface area contributed by atoms with Crippen LogP contribution < -0.4 is 5.32 Å². The maximum Gasteiger partial charge on any atom is 0.128 e. The van der Waals surface area contributed by atoms with E-state index in [0.717, 1.165) is 27.7 Å². The van der Waals surface area contributed by atoms with Crippen molar-refractivity contribution in [1.82, 2.24) is 5.32 Å². The summed E-state index contributed by atoms with van der Waals surface area (Å²) in [6, 6.07) is 11.3. The smallest absolute Gasteiger partial charge is 0.128 e. The third-order valence-electron chi connectivity index (χ3n) is 3.42. The fourth-order valence-corrected chi connectivity index (χ4v) is 2.78. The Kier molecular flexibility index (Phi) is 4.95. The van der Waals surface area contributed by atoms with Crippen LogP contribution in [-0.4, -0.2) is 6.54 Å². The molecule has 1 nitrogen and oxygen atoms in total. The van der Waals surface area contributed by atoms with Crippen molar-refractivity contribution in [3.63, 3.8) is 0 Å². The first-order valence-corrected chi connectivity index (χ1v) is 7.57. The molecular formula is C17H19BrFN. The Balaban J connectivity index is 2.55. The van der Waals surface area contributed by atoms with E-state index < -0.39 is 0 Å². The summed E-state index contributed by atoms with van der Waals surface area (Å²) >= 11 is 3.50. The van der Waals surface area contributed by atoms with E-state index in [4.69, 9.17) is 0 Å². The molecule has 0 saturated heterocycles. The summed E-state index contributed by atoms with van der Waals surface area (Å²) in [5.41, 5.74) is 4.02. The molecule has 1 N–H and O–H groups in total. The van der Waals surface area contributed by atoms with E-state index in [0.29, 0.717) is 5.56 Å². The molecule has 0 heterocycles. The predicted octanol–water partition coefficient (Wildman–Crippen LogP) is 4.90. The number of hydrogen-bond donors (Lipinski definition) is 1. The first-order chi connectivity index (χ1) is 9.52. The minimum absolute atomic E-state index is 0.127. The Morgan fingerprint density at radius 2 is 1.85 bits per heavy atom. The monoisotopic (exact) mass is 335 g/mol. The van der Waals surface area contributed by atoms with Crippen molar-refractivity contribution in [2.24, 2.45) is 0 Å². The van der Waals surface area contributed by atoms with Gasteiger partial charge in [0.2, 0.25) is 0 Å². The van der Waals surface area contributed by atoms with Crippen LogP contribution in [0.4, 0.5) is 4.39 Å². The molecule has 2 aromatic carbocycles. The van der Waals surface area contributed by atoms with E-state index >= 15 is 0 Å². The molecule has 0 amide bonds. The van der Waals surface area contributed by atoms with Gasteiger partial charge in [0.25, 0.3) is 0 Å². The van der Waals surface area contributed by atoms with Gasteiger partial charge in [-0.15, -0.1) is 0 Å². The summed E-state index contributed by atoms with van der Waals surface area (Å²) in [6.07, 6.45) is 0. The van der Waals surface area contributed by atoms with Crippen LogP contribution in [0.3, 0.4) is 0 Å². The predicted molar refractivity (Wildman–Crippen MR) is 85.5 cm³/mol. The fourth-order valence-electron chi connectivity index (χ4n) is 2.40. The Labute approximate surface area is 128 Å². The van der Waals surface area contributed by atoms with Crippen LogP contribution in [0.15, 0.2) is 40.9 Å². The van der Waals surface area contributed by atoms with Gasteiger partial charge in [0, 0.05) is 10.0 Å². The van der Waals surface area contributed by atoms with Crippen molar-refractivity contribution in [2.45, 2.75) is 26.8 Å². The molecule has 1 atom stereocenters. The number of halogens is 2. The van der Waals surface area contributed by atoms with Crippen molar-refractivity contribution in [3.8, 4) is 0 Å². The second kappa shape index (κ2) is 6.51. The van der Waals surface area contributed by atoms with Gasteiger partial charge in [-0.2, -0.15) is 0 Å². The van der Waals surface area contributed by atoms with Gasteiger partial charge < -0.3 is 5.32 Å². The molecule has 2 aromatic rings. The van der Waals surface area contributed by atoms with Gasteiger partial charge in [0.1, 0.15) is 5.82 Å². The van der Waals surface area contributed by atoms with Gasteiger partial charge in [-0.05, 0) is 49.7 Å². The Bertz CT molecular complexity index is 558. The van der Waals surface area contributed by atoms with Gasteiger partial charge in [-0.3, -0.25) is 0 Å². The third kappa shape index (κ3) is 3.28. The first-order valence-electron chi connectivity index (χ1n) is 6.78. The molecule has 1 unspecified atom stereocenters. The molecule has 0 saturated carbocycles. The van der Waals surface area contributed by atoms with Crippen molar-refractivity contribution in [1.29, 1.82) is 0 Å². The SMILES string of the molecule is CCNC(c1cc(Br)ccc1C)c1cc(C)ccc1F. The number of benzene rings is 2. The normalized spacial score (nSPS) is 12.4. The molecule has 0 fully saturated rings. The highest BCUT2D eigenvalue weighted by molar-refractivity contribution is 9.10. The lowest BCUT2D eigenvalue weighted by Gasteiger charge is -2.22. The molecule has 0 aliphatic carbocycles. The highest BCUT2D eigenvalue weighted by atomic mass is 79.9. The quantitative estimate of drug-likeness (QED) is 0.837. The summed E-state index contributed by atoms with van der Waals surface area (Å²) < 4.78 is 15.2. The number of nitrogens with one attached hydrogen (secondary N) is 1. The zero-order valence-corrected chi connectivity index (χ0v) is 13.6. The summed E-state index contributed by atoms with van der Waals surface area (Å²) in [7, 11) is 0. The molecular weight excluding hydrogens is 317 g/mol. The van der Waals surface area contributed by atoms with Crippen LogP contribution in [0.2, 0.25) is 0 Å². The highest BCUT2D eigenvalue weighted by Gasteiger charge is 2.19. The average molecular weight is 336 g/mol. The molecule has 0 aliphatic rings. The molecule has 0 radical (unpaired) electrons. The fraction of sp³-hybridized carbons (Fsp3) is 0.294. The summed E-state index contributed by atoms with van der Waals surface area (Å²) in [4.78, 5) is 0. The number of aryl methyl sites for hydroxylation is 2. The minimum Gasteiger partial charge on any atom is -0.306 e. The zero-order chi connectivity index (χ0) is 14.7. The Hall–Kier alpha value is -1.19. The summed E-state index contributed by atoms with van der Waals surface area (Å²) in [5, 5.41) is 3.39. The van der Waals surface area contributed by atoms with Crippen LogP contribution in [0.1, 0.15) is 35.2 Å². The van der Waals surface area contributed by atoms with Gasteiger partial charge in [0.05, 0.1) is 6.04 Å². The Morgan fingerprint density at radius 3 is 2.55 bits per heavy atom. The second-order valence-electron chi connectivity index (χ2n) is 5.02. The topological polar surface area (TPSA) is 12.0 Å². The molecule has 20 heavy (non-hydrogen) atoms. The second-order valence-corrected chi connectivity index (χ2v) is 5.93. The number of rotatable bonds is 4. The van der Waals surface area contributed by atoms with E-state index in [1.54, 1.807) is 12.1 Å². The number of hydrogen-bond acceptors (Lipinski definition) is 1. The van der Waals surface area contributed by atoms with Crippen molar-refractivity contribution in [2.75, 3.05) is 6.54 Å². The Morgan fingerprint density at radius 1 is 1.10 bits per heavy atom. The lowest BCUT2D eigenvalue weighted by molar-refractivity contribution is 0.557. The van der Waals surface area contributed by atoms with Crippen LogP contribution in [0.25, 0.3) is 0 Å². The van der Waals surface area contributed by atoms with Gasteiger partial charge in [-0.25, -0.2) is 4.39 Å². The molecule has 0 aliphatic heterocycles. The van der Waals surface area contributed by atoms with Crippen molar-refractivity contribution in [3.05, 3.63) is 68.9 Å². The van der Waals surface area contributed by atoms with Gasteiger partial charge in [0.15, 0.2) is 0 Å². The molecule has 3 heteroatoms. The van der Waals surface area contributed by atoms with Crippen molar-refractivity contribution >= 4 is 15.9 Å². The average Bonchev–Trinajstić information content (AvgIpc) is 2.42.